The van der Waals surface area contributed by atoms with Gasteiger partial charge in [-0.25, -0.2) is 9.97 Å². The summed E-state index contributed by atoms with van der Waals surface area (Å²) in [7, 11) is 1.56. The molecule has 3 rings (SSSR count). The van der Waals surface area contributed by atoms with Crippen molar-refractivity contribution in [3.05, 3.63) is 12.7 Å². The van der Waals surface area contributed by atoms with Gasteiger partial charge in [-0.15, -0.1) is 0 Å². The van der Waals surface area contributed by atoms with E-state index in [9.17, 15) is 0 Å². The lowest BCUT2D eigenvalue weighted by atomic mass is 10.2. The fraction of sp³-hybridized carbons (Fsp3) is 0.545. The van der Waals surface area contributed by atoms with Crippen LogP contribution < -0.4 is 4.74 Å². The summed E-state index contributed by atoms with van der Waals surface area (Å²) in [6, 6.07) is 0.145. The summed E-state index contributed by atoms with van der Waals surface area (Å²) in [4.78, 5) is 12.5. The summed E-state index contributed by atoms with van der Waals surface area (Å²) in [5.74, 6) is 0.469. The van der Waals surface area contributed by atoms with E-state index in [0.717, 1.165) is 12.1 Å². The maximum Gasteiger partial charge on any atom is 0.245 e. The predicted molar refractivity (Wildman–Crippen MR) is 62.4 cm³/mol. The molecular weight excluding hydrogens is 236 g/mol. The van der Waals surface area contributed by atoms with Crippen LogP contribution in [-0.4, -0.2) is 51.1 Å². The molecule has 1 aliphatic heterocycles. The molecule has 2 aromatic rings. The second-order valence-corrected chi connectivity index (χ2v) is 4.23. The maximum atomic E-state index is 9.08. The molecule has 1 fully saturated rings. The minimum atomic E-state index is -0.101. The monoisotopic (exact) mass is 250 g/mol. The highest BCUT2D eigenvalue weighted by Crippen LogP contribution is 2.28. The summed E-state index contributed by atoms with van der Waals surface area (Å²) in [6.45, 7) is 0.602. The molecule has 18 heavy (non-hydrogen) atoms. The van der Waals surface area contributed by atoms with Crippen LogP contribution in [0.5, 0.6) is 5.88 Å². The van der Waals surface area contributed by atoms with Gasteiger partial charge in [-0.1, -0.05) is 0 Å². The molecule has 0 unspecified atom stereocenters. The average molecular weight is 250 g/mol. The van der Waals surface area contributed by atoms with E-state index in [1.807, 2.05) is 4.57 Å². The summed E-state index contributed by atoms with van der Waals surface area (Å²) < 4.78 is 12.6. The van der Waals surface area contributed by atoms with Crippen molar-refractivity contribution in [1.82, 2.24) is 19.5 Å². The van der Waals surface area contributed by atoms with Gasteiger partial charge >= 0.3 is 0 Å². The first-order valence-electron chi connectivity index (χ1n) is 5.77. The number of hydrogen-bond acceptors (Lipinski definition) is 6. The molecule has 3 heterocycles. The minimum absolute atomic E-state index is 0.0431. The number of ether oxygens (including phenoxy) is 2. The highest BCUT2D eigenvalue weighted by atomic mass is 16.5. The van der Waals surface area contributed by atoms with E-state index in [2.05, 4.69) is 15.0 Å². The predicted octanol–water partition coefficient (Wildman–Crippen LogP) is 0.157. The zero-order valence-corrected chi connectivity index (χ0v) is 9.98. The summed E-state index contributed by atoms with van der Waals surface area (Å²) in [6.07, 6.45) is 3.83. The van der Waals surface area contributed by atoms with E-state index in [0.29, 0.717) is 18.0 Å². The molecule has 2 atom stereocenters. The topological polar surface area (TPSA) is 82.3 Å². The van der Waals surface area contributed by atoms with Gasteiger partial charge in [0.25, 0.3) is 0 Å². The molecule has 96 valence electrons. The van der Waals surface area contributed by atoms with Gasteiger partial charge < -0.3 is 19.1 Å². The first kappa shape index (κ1) is 11.4. The number of nitrogens with zero attached hydrogens (tertiary/aromatic N) is 4. The lowest BCUT2D eigenvalue weighted by Crippen LogP contribution is -2.11. The Bertz CT molecular complexity index is 556. The number of aromatic nitrogens is 4. The van der Waals surface area contributed by atoms with Crippen LogP contribution in [0, 0.1) is 0 Å². The van der Waals surface area contributed by atoms with E-state index in [-0.39, 0.29) is 18.8 Å². The van der Waals surface area contributed by atoms with Crippen molar-refractivity contribution in [2.24, 2.45) is 0 Å². The summed E-state index contributed by atoms with van der Waals surface area (Å²) >= 11 is 0. The molecule has 0 saturated carbocycles. The molecule has 0 aliphatic carbocycles. The summed E-state index contributed by atoms with van der Waals surface area (Å²) in [5, 5.41) is 9.08. The maximum absolute atomic E-state index is 9.08. The van der Waals surface area contributed by atoms with Gasteiger partial charge in [-0.3, -0.25) is 0 Å². The Kier molecular flexibility index (Phi) is 2.85. The van der Waals surface area contributed by atoms with E-state index in [1.165, 1.54) is 6.33 Å². The van der Waals surface area contributed by atoms with Crippen LogP contribution >= 0.6 is 0 Å². The quantitative estimate of drug-likeness (QED) is 0.835. The lowest BCUT2D eigenvalue weighted by molar-refractivity contribution is 0.0576. The van der Waals surface area contributed by atoms with Crippen molar-refractivity contribution >= 4 is 11.2 Å². The average Bonchev–Trinajstić information content (AvgIpc) is 3.03. The molecule has 2 aromatic heterocycles. The van der Waals surface area contributed by atoms with Crippen LogP contribution in [0.4, 0.5) is 0 Å². The Balaban J connectivity index is 1.98. The zero-order chi connectivity index (χ0) is 12.5. The number of fused-ring (bicyclic) bond motifs is 1. The van der Waals surface area contributed by atoms with E-state index in [4.69, 9.17) is 14.6 Å². The molecular formula is C11H14N4O3. The SMILES string of the molecule is COc1ncnc2c1ncn2[C@H]1CO[C@@H](CO)C1. The van der Waals surface area contributed by atoms with Gasteiger partial charge in [-0.2, -0.15) is 4.98 Å². The molecule has 0 amide bonds. The summed E-state index contributed by atoms with van der Waals surface area (Å²) in [5.41, 5.74) is 1.38. The molecule has 1 aliphatic rings. The Labute approximate surface area is 103 Å². The fourth-order valence-corrected chi connectivity index (χ4v) is 2.25. The molecule has 7 nitrogen and oxygen atoms in total. The van der Waals surface area contributed by atoms with Gasteiger partial charge in [0.15, 0.2) is 11.2 Å². The van der Waals surface area contributed by atoms with Crippen molar-refractivity contribution in [3.63, 3.8) is 0 Å². The second kappa shape index (κ2) is 4.51. The molecule has 0 spiro atoms. The highest BCUT2D eigenvalue weighted by molar-refractivity contribution is 5.76. The highest BCUT2D eigenvalue weighted by Gasteiger charge is 2.28. The van der Waals surface area contributed by atoms with Crippen LogP contribution in [0.3, 0.4) is 0 Å². The van der Waals surface area contributed by atoms with Crippen LogP contribution in [0.1, 0.15) is 12.5 Å². The minimum Gasteiger partial charge on any atom is -0.479 e. The Morgan fingerprint density at radius 3 is 3.11 bits per heavy atom. The van der Waals surface area contributed by atoms with Gasteiger partial charge in [0.2, 0.25) is 5.88 Å². The normalized spacial score (nSPS) is 23.7. The molecule has 7 heteroatoms. The van der Waals surface area contributed by atoms with Gasteiger partial charge in [0.1, 0.15) is 6.33 Å². The standard InChI is InChI=1S/C11H14N4O3/c1-17-11-9-10(12-5-13-11)15(6-14-9)7-2-8(3-16)18-4-7/h5-8,16H,2-4H2,1H3/t7-,8-/m1/s1. The van der Waals surface area contributed by atoms with Crippen molar-refractivity contribution in [2.75, 3.05) is 20.3 Å². The van der Waals surface area contributed by atoms with Crippen molar-refractivity contribution in [3.8, 4) is 5.88 Å². The Morgan fingerprint density at radius 1 is 1.50 bits per heavy atom. The fourth-order valence-electron chi connectivity index (χ4n) is 2.25. The first-order valence-corrected chi connectivity index (χ1v) is 5.77. The van der Waals surface area contributed by atoms with E-state index in [1.54, 1.807) is 13.4 Å². The van der Waals surface area contributed by atoms with Gasteiger partial charge in [0, 0.05) is 0 Å². The molecule has 0 radical (unpaired) electrons. The third kappa shape index (κ3) is 1.72. The number of imidazole rings is 1. The third-order valence-corrected chi connectivity index (χ3v) is 3.17. The first-order chi connectivity index (χ1) is 8.83. The van der Waals surface area contributed by atoms with Crippen molar-refractivity contribution < 1.29 is 14.6 Å². The Hall–Kier alpha value is -1.73. The van der Waals surface area contributed by atoms with Gasteiger partial charge in [0.05, 0.1) is 38.8 Å². The molecule has 0 aromatic carbocycles. The number of hydrogen-bond donors (Lipinski definition) is 1. The van der Waals surface area contributed by atoms with E-state index < -0.39 is 0 Å². The zero-order valence-electron chi connectivity index (χ0n) is 9.98. The smallest absolute Gasteiger partial charge is 0.245 e. The molecule has 1 N–H and O–H groups in total. The van der Waals surface area contributed by atoms with Gasteiger partial charge in [-0.05, 0) is 6.42 Å². The Morgan fingerprint density at radius 2 is 2.39 bits per heavy atom. The third-order valence-electron chi connectivity index (χ3n) is 3.17. The molecule has 1 saturated heterocycles. The van der Waals surface area contributed by atoms with Crippen LogP contribution in [-0.2, 0) is 4.74 Å². The number of methoxy groups -OCH3 is 1. The van der Waals surface area contributed by atoms with Crippen LogP contribution in [0.2, 0.25) is 0 Å². The number of rotatable bonds is 3. The van der Waals surface area contributed by atoms with Crippen LogP contribution in [0.25, 0.3) is 11.2 Å². The second-order valence-electron chi connectivity index (χ2n) is 4.23. The number of aliphatic hydroxyl groups excluding tert-OH is 1. The lowest BCUT2D eigenvalue weighted by Gasteiger charge is -2.10. The van der Waals surface area contributed by atoms with E-state index >= 15 is 0 Å². The number of aliphatic hydroxyl groups is 1. The molecule has 0 bridgehead atoms. The van der Waals surface area contributed by atoms with Crippen molar-refractivity contribution in [2.45, 2.75) is 18.6 Å². The largest absolute Gasteiger partial charge is 0.479 e. The van der Waals surface area contributed by atoms with Crippen LogP contribution in [0.15, 0.2) is 12.7 Å². The van der Waals surface area contributed by atoms with Crippen molar-refractivity contribution in [1.29, 1.82) is 0 Å².